The zero-order valence-corrected chi connectivity index (χ0v) is 11.5. The van der Waals surface area contributed by atoms with Crippen molar-refractivity contribution in [1.82, 2.24) is 5.32 Å². The standard InChI is InChI=1S/C15H13ClF3N/c1-20-15(10-2-3-13(16)14(19)7-10)6-9-4-11(17)8-12(18)5-9/h2-5,7-8,15,20H,6H2,1H3. The molecule has 0 fully saturated rings. The quantitative estimate of drug-likeness (QED) is 0.889. The van der Waals surface area contributed by atoms with Crippen LogP contribution in [-0.2, 0) is 6.42 Å². The molecule has 0 aliphatic rings. The number of rotatable bonds is 4. The normalized spacial score (nSPS) is 12.4. The van der Waals surface area contributed by atoms with Crippen LogP contribution in [0.1, 0.15) is 17.2 Å². The number of nitrogens with one attached hydrogen (secondary N) is 1. The fourth-order valence-corrected chi connectivity index (χ4v) is 2.20. The van der Waals surface area contributed by atoms with E-state index in [1.807, 2.05) is 0 Å². The summed E-state index contributed by atoms with van der Waals surface area (Å²) in [7, 11) is 1.70. The minimum Gasteiger partial charge on any atom is -0.313 e. The van der Waals surface area contributed by atoms with Crippen molar-refractivity contribution in [2.75, 3.05) is 7.05 Å². The second-order valence-corrected chi connectivity index (χ2v) is 4.90. The topological polar surface area (TPSA) is 12.0 Å². The van der Waals surface area contributed by atoms with Gasteiger partial charge in [-0.2, -0.15) is 0 Å². The monoisotopic (exact) mass is 299 g/mol. The van der Waals surface area contributed by atoms with Gasteiger partial charge in [0, 0.05) is 12.1 Å². The van der Waals surface area contributed by atoms with Gasteiger partial charge in [0.25, 0.3) is 0 Å². The van der Waals surface area contributed by atoms with E-state index in [0.29, 0.717) is 17.5 Å². The highest BCUT2D eigenvalue weighted by atomic mass is 35.5. The lowest BCUT2D eigenvalue weighted by molar-refractivity contribution is 0.557. The van der Waals surface area contributed by atoms with Crippen LogP contribution in [0.4, 0.5) is 13.2 Å². The minimum absolute atomic E-state index is 0.0420. The first-order chi connectivity index (χ1) is 9.49. The first kappa shape index (κ1) is 14.9. The first-order valence-electron chi connectivity index (χ1n) is 6.07. The average Bonchev–Trinajstić information content (AvgIpc) is 2.38. The molecule has 1 N–H and O–H groups in total. The van der Waals surface area contributed by atoms with Crippen LogP contribution in [-0.4, -0.2) is 7.05 Å². The molecule has 1 nitrogen and oxygen atoms in total. The summed E-state index contributed by atoms with van der Waals surface area (Å²) in [6, 6.07) is 7.55. The van der Waals surface area contributed by atoms with Gasteiger partial charge in [-0.25, -0.2) is 13.2 Å². The van der Waals surface area contributed by atoms with Gasteiger partial charge in [0.05, 0.1) is 5.02 Å². The van der Waals surface area contributed by atoms with Gasteiger partial charge in [0.2, 0.25) is 0 Å². The summed E-state index contributed by atoms with van der Waals surface area (Å²) < 4.78 is 39.8. The molecule has 2 aromatic rings. The zero-order chi connectivity index (χ0) is 14.7. The van der Waals surface area contributed by atoms with Gasteiger partial charge >= 0.3 is 0 Å². The Morgan fingerprint density at radius 2 is 1.70 bits per heavy atom. The SMILES string of the molecule is CNC(Cc1cc(F)cc(F)c1)c1ccc(Cl)c(F)c1. The highest BCUT2D eigenvalue weighted by molar-refractivity contribution is 6.30. The van der Waals surface area contributed by atoms with Crippen molar-refractivity contribution < 1.29 is 13.2 Å². The molecule has 0 saturated heterocycles. The second-order valence-electron chi connectivity index (χ2n) is 4.50. The van der Waals surface area contributed by atoms with Gasteiger partial charge in [-0.15, -0.1) is 0 Å². The fourth-order valence-electron chi connectivity index (χ4n) is 2.08. The summed E-state index contributed by atoms with van der Waals surface area (Å²) in [6.07, 6.45) is 0.340. The Bertz CT molecular complexity index is 596. The zero-order valence-electron chi connectivity index (χ0n) is 10.8. The Labute approximate surface area is 120 Å². The summed E-state index contributed by atoms with van der Waals surface area (Å²) >= 11 is 5.64. The van der Waals surface area contributed by atoms with E-state index in [-0.39, 0.29) is 11.1 Å². The van der Waals surface area contributed by atoms with Crippen molar-refractivity contribution >= 4 is 11.6 Å². The molecule has 1 atom stereocenters. The summed E-state index contributed by atoms with van der Waals surface area (Å²) in [4.78, 5) is 0. The van der Waals surface area contributed by atoms with E-state index in [0.717, 1.165) is 6.07 Å². The molecule has 2 rings (SSSR count). The molecular formula is C15H13ClF3N. The predicted octanol–water partition coefficient (Wildman–Crippen LogP) is 4.26. The van der Waals surface area contributed by atoms with Gasteiger partial charge < -0.3 is 5.32 Å². The van der Waals surface area contributed by atoms with Crippen LogP contribution in [0.25, 0.3) is 0 Å². The Morgan fingerprint density at radius 1 is 1.05 bits per heavy atom. The number of likely N-dealkylation sites (N-methyl/N-ethyl adjacent to an activating group) is 1. The van der Waals surface area contributed by atoms with Crippen molar-refractivity contribution in [1.29, 1.82) is 0 Å². The van der Waals surface area contributed by atoms with E-state index in [2.05, 4.69) is 5.32 Å². The molecule has 0 amide bonds. The molecule has 0 spiro atoms. The van der Waals surface area contributed by atoms with Crippen LogP contribution >= 0.6 is 11.6 Å². The average molecular weight is 300 g/mol. The lowest BCUT2D eigenvalue weighted by Gasteiger charge is -2.17. The fraction of sp³-hybridized carbons (Fsp3) is 0.200. The number of hydrogen-bond acceptors (Lipinski definition) is 1. The largest absolute Gasteiger partial charge is 0.313 e. The number of benzene rings is 2. The Balaban J connectivity index is 2.26. The first-order valence-corrected chi connectivity index (χ1v) is 6.44. The van der Waals surface area contributed by atoms with Crippen LogP contribution in [0.5, 0.6) is 0 Å². The molecule has 0 bridgehead atoms. The summed E-state index contributed by atoms with van der Waals surface area (Å²) in [5.41, 5.74) is 1.16. The maximum absolute atomic E-state index is 13.5. The third-order valence-electron chi connectivity index (χ3n) is 3.06. The van der Waals surface area contributed by atoms with Crippen LogP contribution in [0.3, 0.4) is 0 Å². The molecule has 0 aliphatic carbocycles. The third kappa shape index (κ3) is 3.52. The van der Waals surface area contributed by atoms with E-state index in [1.165, 1.54) is 24.3 Å². The minimum atomic E-state index is -0.628. The van der Waals surface area contributed by atoms with Crippen molar-refractivity contribution in [3.8, 4) is 0 Å². The maximum Gasteiger partial charge on any atom is 0.142 e. The van der Waals surface area contributed by atoms with E-state index in [9.17, 15) is 13.2 Å². The van der Waals surface area contributed by atoms with Crippen molar-refractivity contribution in [3.63, 3.8) is 0 Å². The summed E-state index contributed by atoms with van der Waals surface area (Å²) in [6.45, 7) is 0. The van der Waals surface area contributed by atoms with Gasteiger partial charge in [-0.3, -0.25) is 0 Å². The molecule has 5 heteroatoms. The van der Waals surface area contributed by atoms with E-state index < -0.39 is 17.5 Å². The van der Waals surface area contributed by atoms with Crippen molar-refractivity contribution in [2.24, 2.45) is 0 Å². The molecule has 0 aromatic heterocycles. The molecule has 106 valence electrons. The van der Waals surface area contributed by atoms with Gasteiger partial charge in [0.15, 0.2) is 0 Å². The van der Waals surface area contributed by atoms with Crippen LogP contribution < -0.4 is 5.32 Å². The smallest absolute Gasteiger partial charge is 0.142 e. The lowest BCUT2D eigenvalue weighted by atomic mass is 9.99. The summed E-state index contributed by atoms with van der Waals surface area (Å²) in [5.74, 6) is -1.77. The van der Waals surface area contributed by atoms with Crippen LogP contribution in [0.15, 0.2) is 36.4 Å². The van der Waals surface area contributed by atoms with E-state index in [4.69, 9.17) is 11.6 Å². The Hall–Kier alpha value is -1.52. The second kappa shape index (κ2) is 6.29. The molecule has 0 saturated carbocycles. The lowest BCUT2D eigenvalue weighted by Crippen LogP contribution is -2.19. The molecule has 0 aliphatic heterocycles. The molecule has 0 heterocycles. The highest BCUT2D eigenvalue weighted by Crippen LogP contribution is 2.23. The molecule has 20 heavy (non-hydrogen) atoms. The van der Waals surface area contributed by atoms with E-state index >= 15 is 0 Å². The Morgan fingerprint density at radius 3 is 2.25 bits per heavy atom. The van der Waals surface area contributed by atoms with Gasteiger partial charge in [0.1, 0.15) is 17.5 Å². The van der Waals surface area contributed by atoms with Crippen molar-refractivity contribution in [2.45, 2.75) is 12.5 Å². The molecule has 2 aromatic carbocycles. The molecule has 0 radical (unpaired) electrons. The van der Waals surface area contributed by atoms with Crippen LogP contribution in [0, 0.1) is 17.5 Å². The van der Waals surface area contributed by atoms with Crippen molar-refractivity contribution in [3.05, 3.63) is 70.0 Å². The number of halogens is 4. The molecule has 1 unspecified atom stereocenters. The number of hydrogen-bond donors (Lipinski definition) is 1. The summed E-state index contributed by atoms with van der Waals surface area (Å²) in [5, 5.41) is 3.04. The Kier molecular flexibility index (Phi) is 4.68. The maximum atomic E-state index is 13.5. The third-order valence-corrected chi connectivity index (χ3v) is 3.36. The van der Waals surface area contributed by atoms with E-state index in [1.54, 1.807) is 13.1 Å². The van der Waals surface area contributed by atoms with Crippen LogP contribution in [0.2, 0.25) is 5.02 Å². The molecular weight excluding hydrogens is 287 g/mol. The predicted molar refractivity (Wildman–Crippen MR) is 73.3 cm³/mol. The van der Waals surface area contributed by atoms with Gasteiger partial charge in [-0.05, 0) is 48.9 Å². The highest BCUT2D eigenvalue weighted by Gasteiger charge is 2.13. The van der Waals surface area contributed by atoms with Gasteiger partial charge in [-0.1, -0.05) is 17.7 Å².